The number of nitrogens with zero attached hydrogens (tertiary/aromatic N) is 1. The number of anilines is 1. The van der Waals surface area contributed by atoms with Gasteiger partial charge in [-0.3, -0.25) is 9.59 Å². The van der Waals surface area contributed by atoms with Gasteiger partial charge >= 0.3 is 0 Å². The number of nitrogens with one attached hydrogen (secondary N) is 1. The van der Waals surface area contributed by atoms with Gasteiger partial charge < -0.3 is 14.6 Å². The van der Waals surface area contributed by atoms with Crippen LogP contribution >= 0.6 is 11.8 Å². The van der Waals surface area contributed by atoms with Crippen molar-refractivity contribution in [1.82, 2.24) is 4.57 Å². The lowest BCUT2D eigenvalue weighted by atomic mass is 10.1. The van der Waals surface area contributed by atoms with Gasteiger partial charge in [-0.25, -0.2) is 0 Å². The van der Waals surface area contributed by atoms with Crippen molar-refractivity contribution in [2.75, 3.05) is 23.9 Å². The highest BCUT2D eigenvalue weighted by atomic mass is 32.2. The number of hydrogen-bond donors (Lipinski definition) is 1. The second-order valence-corrected chi connectivity index (χ2v) is 7.94. The Labute approximate surface area is 181 Å². The monoisotopic (exact) mass is 422 g/mol. The first-order valence-corrected chi connectivity index (χ1v) is 11.1. The number of carbonyl (C=O) groups is 2. The van der Waals surface area contributed by atoms with Crippen LogP contribution in [0.1, 0.15) is 27.3 Å². The maximum absolute atomic E-state index is 12.7. The Morgan fingerprint density at radius 3 is 2.40 bits per heavy atom. The fraction of sp³-hybridized carbons (Fsp3) is 0.250. The number of ketones is 1. The number of Topliss-reactive ketones (excluding diaryl/α,β-unsaturated/α-hetero) is 1. The van der Waals surface area contributed by atoms with Gasteiger partial charge in [0, 0.05) is 29.2 Å². The molecule has 1 heterocycles. The molecule has 0 aliphatic carbocycles. The quantitative estimate of drug-likeness (QED) is 0.507. The Hall–Kier alpha value is -2.99. The summed E-state index contributed by atoms with van der Waals surface area (Å²) in [4.78, 5) is 24.4. The smallest absolute Gasteiger partial charge is 0.234 e. The first-order valence-electron chi connectivity index (χ1n) is 9.73. The third-order valence-corrected chi connectivity index (χ3v) is 5.39. The van der Waals surface area contributed by atoms with E-state index < -0.39 is 0 Å². The lowest BCUT2D eigenvalue weighted by Gasteiger charge is -2.10. The Balaban J connectivity index is 1.61. The molecule has 0 atom stereocenters. The summed E-state index contributed by atoms with van der Waals surface area (Å²) in [5.41, 5.74) is 4.57. The van der Waals surface area contributed by atoms with Gasteiger partial charge in [-0.15, -0.1) is 0 Å². The summed E-state index contributed by atoms with van der Waals surface area (Å²) < 4.78 is 7.82. The van der Waals surface area contributed by atoms with Crippen molar-refractivity contribution in [3.63, 3.8) is 0 Å². The van der Waals surface area contributed by atoms with E-state index in [0.29, 0.717) is 22.8 Å². The first kappa shape index (κ1) is 21.7. The van der Waals surface area contributed by atoms with Crippen LogP contribution in [0.3, 0.4) is 0 Å². The van der Waals surface area contributed by atoms with Crippen LogP contribution in [0.5, 0.6) is 5.75 Å². The van der Waals surface area contributed by atoms with Gasteiger partial charge in [0.05, 0.1) is 5.75 Å². The average Bonchev–Trinajstić information content (AvgIpc) is 3.02. The molecule has 0 spiro atoms. The lowest BCUT2D eigenvalue weighted by molar-refractivity contribution is -0.113. The molecule has 1 aromatic heterocycles. The minimum absolute atomic E-state index is 0.0339. The van der Waals surface area contributed by atoms with Crippen LogP contribution in [0.15, 0.2) is 60.7 Å². The van der Waals surface area contributed by atoms with Crippen LogP contribution in [0, 0.1) is 13.8 Å². The van der Waals surface area contributed by atoms with E-state index in [1.165, 1.54) is 17.3 Å². The van der Waals surface area contributed by atoms with Crippen molar-refractivity contribution in [3.05, 3.63) is 83.2 Å². The van der Waals surface area contributed by atoms with Crippen LogP contribution < -0.4 is 10.1 Å². The van der Waals surface area contributed by atoms with Crippen molar-refractivity contribution < 1.29 is 14.3 Å². The van der Waals surface area contributed by atoms with E-state index in [1.54, 1.807) is 24.3 Å². The van der Waals surface area contributed by atoms with E-state index in [-0.39, 0.29) is 18.3 Å². The van der Waals surface area contributed by atoms with Gasteiger partial charge in [0.25, 0.3) is 0 Å². The van der Waals surface area contributed by atoms with E-state index in [2.05, 4.69) is 22.0 Å². The van der Waals surface area contributed by atoms with E-state index in [1.807, 2.05) is 44.4 Å². The molecule has 1 N–H and O–H groups in total. The van der Waals surface area contributed by atoms with Gasteiger partial charge in [-0.05, 0) is 56.0 Å². The minimum atomic E-state index is -0.0558. The van der Waals surface area contributed by atoms with Crippen LogP contribution in [0.2, 0.25) is 0 Å². The Bertz CT molecular complexity index is 1010. The molecule has 0 aliphatic heterocycles. The maximum Gasteiger partial charge on any atom is 0.234 e. The number of aryl methyl sites for hydroxylation is 1. The standard InChI is InChI=1S/C24H26N2O3S/c1-17-13-22(18(2)26(17)14-19-7-5-4-6-8-19)23(27)15-29-21-11-9-20(10-12-21)25-24(28)16-30-3/h4-13H,14-16H2,1-3H3,(H,25,28). The average molecular weight is 423 g/mol. The summed E-state index contributed by atoms with van der Waals surface area (Å²) in [6.45, 7) is 4.68. The van der Waals surface area contributed by atoms with E-state index in [4.69, 9.17) is 4.74 Å². The zero-order chi connectivity index (χ0) is 21.5. The summed E-state index contributed by atoms with van der Waals surface area (Å²) in [5, 5.41) is 2.81. The zero-order valence-corrected chi connectivity index (χ0v) is 18.3. The Morgan fingerprint density at radius 1 is 1.03 bits per heavy atom. The van der Waals surface area contributed by atoms with Crippen molar-refractivity contribution in [3.8, 4) is 5.75 Å². The summed E-state index contributed by atoms with van der Waals surface area (Å²) >= 11 is 1.47. The minimum Gasteiger partial charge on any atom is -0.485 e. The number of thioether (sulfide) groups is 1. The molecular formula is C24H26N2O3S. The third-order valence-electron chi connectivity index (χ3n) is 4.84. The van der Waals surface area contributed by atoms with Crippen molar-refractivity contribution >= 4 is 29.1 Å². The van der Waals surface area contributed by atoms with Gasteiger partial charge in [-0.1, -0.05) is 30.3 Å². The van der Waals surface area contributed by atoms with E-state index in [0.717, 1.165) is 17.9 Å². The zero-order valence-electron chi connectivity index (χ0n) is 17.5. The highest BCUT2D eigenvalue weighted by Gasteiger charge is 2.16. The van der Waals surface area contributed by atoms with Crippen LogP contribution in [0.25, 0.3) is 0 Å². The fourth-order valence-corrected chi connectivity index (χ4v) is 3.62. The summed E-state index contributed by atoms with van der Waals surface area (Å²) in [6, 6.07) is 19.2. The van der Waals surface area contributed by atoms with E-state index in [9.17, 15) is 9.59 Å². The predicted molar refractivity (Wildman–Crippen MR) is 123 cm³/mol. The molecule has 0 unspecified atom stereocenters. The van der Waals surface area contributed by atoms with Gasteiger partial charge in [0.1, 0.15) is 5.75 Å². The van der Waals surface area contributed by atoms with Crippen LogP contribution in [-0.4, -0.2) is 34.9 Å². The normalized spacial score (nSPS) is 10.6. The van der Waals surface area contributed by atoms with Crippen molar-refractivity contribution in [1.29, 1.82) is 0 Å². The number of carbonyl (C=O) groups excluding carboxylic acids is 2. The predicted octanol–water partition coefficient (Wildman–Crippen LogP) is 4.72. The molecule has 0 bridgehead atoms. The number of rotatable bonds is 9. The van der Waals surface area contributed by atoms with Crippen LogP contribution in [-0.2, 0) is 11.3 Å². The molecule has 6 heteroatoms. The fourth-order valence-electron chi connectivity index (χ4n) is 3.28. The summed E-state index contributed by atoms with van der Waals surface area (Å²) in [7, 11) is 0. The number of hydrogen-bond acceptors (Lipinski definition) is 4. The molecule has 3 aromatic rings. The highest BCUT2D eigenvalue weighted by molar-refractivity contribution is 7.99. The number of aromatic nitrogens is 1. The number of ether oxygens (including phenoxy) is 1. The molecule has 0 saturated carbocycles. The Kier molecular flexibility index (Phi) is 7.36. The number of amides is 1. The number of benzene rings is 2. The second kappa shape index (κ2) is 10.2. The van der Waals surface area contributed by atoms with E-state index >= 15 is 0 Å². The topological polar surface area (TPSA) is 60.3 Å². The first-order chi connectivity index (χ1) is 14.5. The third kappa shape index (κ3) is 5.54. The molecule has 0 fully saturated rings. The van der Waals surface area contributed by atoms with Crippen LogP contribution in [0.4, 0.5) is 5.69 Å². The molecule has 0 radical (unpaired) electrons. The molecule has 1 amide bonds. The molecular weight excluding hydrogens is 396 g/mol. The molecule has 0 saturated heterocycles. The molecule has 0 aliphatic rings. The largest absolute Gasteiger partial charge is 0.485 e. The summed E-state index contributed by atoms with van der Waals surface area (Å²) in [6.07, 6.45) is 1.88. The Morgan fingerprint density at radius 2 is 1.73 bits per heavy atom. The summed E-state index contributed by atoms with van der Waals surface area (Å²) in [5.74, 6) is 0.899. The van der Waals surface area contributed by atoms with Crippen molar-refractivity contribution in [2.45, 2.75) is 20.4 Å². The highest BCUT2D eigenvalue weighted by Crippen LogP contribution is 2.20. The molecule has 2 aromatic carbocycles. The molecule has 30 heavy (non-hydrogen) atoms. The molecule has 156 valence electrons. The SMILES string of the molecule is CSCC(=O)Nc1ccc(OCC(=O)c2cc(C)n(Cc3ccccc3)c2C)cc1. The lowest BCUT2D eigenvalue weighted by Crippen LogP contribution is -2.14. The van der Waals surface area contributed by atoms with Gasteiger partial charge in [-0.2, -0.15) is 11.8 Å². The van der Waals surface area contributed by atoms with Gasteiger partial charge in [0.2, 0.25) is 11.7 Å². The maximum atomic E-state index is 12.7. The molecule has 3 rings (SSSR count). The van der Waals surface area contributed by atoms with Gasteiger partial charge in [0.15, 0.2) is 6.61 Å². The second-order valence-electron chi connectivity index (χ2n) is 7.07. The van der Waals surface area contributed by atoms with Crippen molar-refractivity contribution in [2.24, 2.45) is 0 Å². The molecule has 5 nitrogen and oxygen atoms in total.